The minimum Gasteiger partial charge on any atom is -0.268 e. The second-order valence-corrected chi connectivity index (χ2v) is 8.36. The Hall–Kier alpha value is -2.47. The monoisotopic (exact) mass is 373 g/mol. The van der Waals surface area contributed by atoms with E-state index in [-0.39, 0.29) is 16.0 Å². The summed E-state index contributed by atoms with van der Waals surface area (Å²) >= 11 is 0. The zero-order chi connectivity index (χ0) is 19.1. The molecule has 0 radical (unpaired) electrons. The highest BCUT2D eigenvalue weighted by Gasteiger charge is 2.47. The van der Waals surface area contributed by atoms with E-state index >= 15 is 0 Å². The van der Waals surface area contributed by atoms with Crippen LogP contribution in [0, 0.1) is 12.8 Å². The maximum atomic E-state index is 15.0. The van der Waals surface area contributed by atoms with Gasteiger partial charge in [-0.3, -0.25) is 4.79 Å². The van der Waals surface area contributed by atoms with E-state index in [1.165, 1.54) is 12.1 Å². The normalized spacial score (nSPS) is 22.6. The fourth-order valence-corrected chi connectivity index (χ4v) is 4.77. The smallest absolute Gasteiger partial charge is 0.267 e. The number of amides is 1. The number of hydrogen-bond donors (Lipinski definition) is 0. The van der Waals surface area contributed by atoms with Crippen molar-refractivity contribution in [2.45, 2.75) is 31.7 Å². The first kappa shape index (κ1) is 18.3. The number of sulfonamides is 1. The highest BCUT2D eigenvalue weighted by Crippen LogP contribution is 2.39. The Morgan fingerprint density at radius 1 is 1.00 bits per heavy atom. The molecule has 2 aromatic rings. The molecule has 2 atom stereocenters. The lowest BCUT2D eigenvalue weighted by Gasteiger charge is -2.22. The Bertz CT molecular complexity index is 966. The fourth-order valence-electron chi connectivity index (χ4n) is 3.13. The Kier molecular flexibility index (Phi) is 4.71. The molecule has 4 nitrogen and oxygen atoms in total. The molecule has 1 saturated heterocycles. The largest absolute Gasteiger partial charge is 0.268 e. The van der Waals surface area contributed by atoms with Crippen LogP contribution in [0.2, 0.25) is 0 Å². The summed E-state index contributed by atoms with van der Waals surface area (Å²) in [5.41, 5.74) is 1.08. The SMILES string of the molecule is Cc1ccc(S(=O)(=O)N2C(=O)/C(=C(/F)c3ccccc3)[C@@H](C)[C@@H]2C)cc1. The lowest BCUT2D eigenvalue weighted by molar-refractivity contribution is -0.121. The summed E-state index contributed by atoms with van der Waals surface area (Å²) in [7, 11) is -4.05. The van der Waals surface area contributed by atoms with E-state index in [2.05, 4.69) is 0 Å². The van der Waals surface area contributed by atoms with Gasteiger partial charge >= 0.3 is 0 Å². The van der Waals surface area contributed by atoms with E-state index in [1.54, 1.807) is 56.3 Å². The van der Waals surface area contributed by atoms with Crippen molar-refractivity contribution in [3.8, 4) is 0 Å². The molecule has 0 aromatic heterocycles. The van der Waals surface area contributed by atoms with Crippen LogP contribution in [0.15, 0.2) is 65.1 Å². The third kappa shape index (κ3) is 2.94. The summed E-state index contributed by atoms with van der Waals surface area (Å²) in [4.78, 5) is 12.9. The first-order valence-corrected chi connectivity index (χ1v) is 9.79. The first-order chi connectivity index (χ1) is 12.2. The summed E-state index contributed by atoms with van der Waals surface area (Å²) in [6.45, 7) is 5.14. The molecule has 0 spiro atoms. The van der Waals surface area contributed by atoms with Crippen LogP contribution in [0.3, 0.4) is 0 Å². The second-order valence-electron chi connectivity index (χ2n) is 6.54. The van der Waals surface area contributed by atoms with Crippen molar-refractivity contribution in [3.63, 3.8) is 0 Å². The number of carbonyl (C=O) groups is 1. The molecule has 0 bridgehead atoms. The van der Waals surface area contributed by atoms with Crippen molar-refractivity contribution in [1.82, 2.24) is 4.31 Å². The molecule has 1 heterocycles. The third-order valence-corrected chi connectivity index (χ3v) is 6.71. The predicted octanol–water partition coefficient (Wildman–Crippen LogP) is 3.93. The van der Waals surface area contributed by atoms with Crippen LogP contribution < -0.4 is 0 Å². The molecule has 3 rings (SSSR count). The van der Waals surface area contributed by atoms with Gasteiger partial charge in [-0.1, -0.05) is 55.0 Å². The van der Waals surface area contributed by atoms with Gasteiger partial charge in [0, 0.05) is 11.5 Å². The molecule has 1 amide bonds. The number of carbonyl (C=O) groups excluding carboxylic acids is 1. The van der Waals surface area contributed by atoms with Gasteiger partial charge in [-0.05, 0) is 26.0 Å². The van der Waals surface area contributed by atoms with Crippen LogP contribution in [0.1, 0.15) is 25.0 Å². The summed E-state index contributed by atoms with van der Waals surface area (Å²) in [6, 6.07) is 13.8. The van der Waals surface area contributed by atoms with Crippen molar-refractivity contribution in [2.75, 3.05) is 0 Å². The highest BCUT2D eigenvalue weighted by molar-refractivity contribution is 7.89. The molecule has 26 heavy (non-hydrogen) atoms. The van der Waals surface area contributed by atoms with E-state index in [1.807, 2.05) is 6.92 Å². The number of halogens is 1. The lowest BCUT2D eigenvalue weighted by Crippen LogP contribution is -2.38. The van der Waals surface area contributed by atoms with E-state index in [0.717, 1.165) is 9.87 Å². The maximum absolute atomic E-state index is 15.0. The van der Waals surface area contributed by atoms with E-state index in [0.29, 0.717) is 0 Å². The lowest BCUT2D eigenvalue weighted by atomic mass is 9.96. The summed E-state index contributed by atoms with van der Waals surface area (Å²) in [5.74, 6) is -2.02. The van der Waals surface area contributed by atoms with Gasteiger partial charge in [0.25, 0.3) is 15.9 Å². The van der Waals surface area contributed by atoms with Gasteiger partial charge in [0.15, 0.2) is 0 Å². The van der Waals surface area contributed by atoms with Crippen LogP contribution in [0.5, 0.6) is 0 Å². The number of hydrogen-bond acceptors (Lipinski definition) is 3. The Morgan fingerprint density at radius 2 is 1.58 bits per heavy atom. The highest BCUT2D eigenvalue weighted by atomic mass is 32.2. The molecule has 0 unspecified atom stereocenters. The first-order valence-electron chi connectivity index (χ1n) is 8.35. The average molecular weight is 373 g/mol. The Labute approximate surface area is 153 Å². The quantitative estimate of drug-likeness (QED) is 0.766. The summed E-state index contributed by atoms with van der Waals surface area (Å²) in [6.07, 6.45) is 0. The van der Waals surface area contributed by atoms with Gasteiger partial charge in [0.2, 0.25) is 0 Å². The van der Waals surface area contributed by atoms with Crippen LogP contribution in [-0.4, -0.2) is 24.7 Å². The third-order valence-electron chi connectivity index (χ3n) is 4.82. The number of nitrogens with zero attached hydrogens (tertiary/aromatic N) is 1. The molecular formula is C20H20FNO3S. The van der Waals surface area contributed by atoms with Gasteiger partial charge in [-0.2, -0.15) is 0 Å². The Morgan fingerprint density at radius 3 is 2.15 bits per heavy atom. The van der Waals surface area contributed by atoms with Gasteiger partial charge < -0.3 is 0 Å². The molecular weight excluding hydrogens is 353 g/mol. The molecule has 136 valence electrons. The summed E-state index contributed by atoms with van der Waals surface area (Å²) < 4.78 is 41.7. The molecule has 1 fully saturated rings. The van der Waals surface area contributed by atoms with Crippen LogP contribution >= 0.6 is 0 Å². The molecule has 0 N–H and O–H groups in total. The zero-order valence-electron chi connectivity index (χ0n) is 14.8. The molecule has 1 aliphatic rings. The summed E-state index contributed by atoms with van der Waals surface area (Å²) in [5, 5.41) is 0. The topological polar surface area (TPSA) is 54.5 Å². The average Bonchev–Trinajstić information content (AvgIpc) is 2.85. The zero-order valence-corrected chi connectivity index (χ0v) is 15.6. The van der Waals surface area contributed by atoms with Crippen molar-refractivity contribution >= 4 is 21.8 Å². The minimum absolute atomic E-state index is 0.0249. The Balaban J connectivity index is 2.08. The maximum Gasteiger partial charge on any atom is 0.267 e. The number of benzene rings is 2. The molecule has 2 aromatic carbocycles. The second kappa shape index (κ2) is 6.68. The van der Waals surface area contributed by atoms with Gasteiger partial charge in [-0.15, -0.1) is 0 Å². The van der Waals surface area contributed by atoms with E-state index < -0.39 is 33.7 Å². The van der Waals surface area contributed by atoms with Crippen molar-refractivity contribution < 1.29 is 17.6 Å². The van der Waals surface area contributed by atoms with Crippen molar-refractivity contribution in [3.05, 3.63) is 71.3 Å². The number of aryl methyl sites for hydroxylation is 1. The standard InChI is InChI=1S/C20H20FNO3S/c1-13-9-11-17(12-10-13)26(24,25)22-15(3)14(2)18(20(22)23)19(21)16-7-5-4-6-8-16/h4-12,14-15H,1-3H3/b19-18+/t14-,15-/m0/s1. The van der Waals surface area contributed by atoms with Crippen molar-refractivity contribution in [1.29, 1.82) is 0 Å². The minimum atomic E-state index is -4.05. The van der Waals surface area contributed by atoms with Gasteiger partial charge in [0.05, 0.1) is 16.5 Å². The molecule has 1 aliphatic heterocycles. The molecule has 0 aliphatic carbocycles. The van der Waals surface area contributed by atoms with Crippen LogP contribution in [-0.2, 0) is 14.8 Å². The molecule has 6 heteroatoms. The van der Waals surface area contributed by atoms with Crippen LogP contribution in [0.25, 0.3) is 5.83 Å². The van der Waals surface area contributed by atoms with Gasteiger partial charge in [-0.25, -0.2) is 17.1 Å². The fraction of sp³-hybridized carbons (Fsp3) is 0.250. The molecule has 0 saturated carbocycles. The number of rotatable bonds is 3. The van der Waals surface area contributed by atoms with Crippen molar-refractivity contribution in [2.24, 2.45) is 5.92 Å². The van der Waals surface area contributed by atoms with E-state index in [9.17, 15) is 17.6 Å². The predicted molar refractivity (Wildman–Crippen MR) is 98.3 cm³/mol. The van der Waals surface area contributed by atoms with Crippen LogP contribution in [0.4, 0.5) is 4.39 Å². The van der Waals surface area contributed by atoms with Gasteiger partial charge in [0.1, 0.15) is 5.83 Å². The van der Waals surface area contributed by atoms with E-state index in [4.69, 9.17) is 0 Å².